The zero-order chi connectivity index (χ0) is 30.0. The van der Waals surface area contributed by atoms with Crippen LogP contribution in [0.25, 0.3) is 0 Å². The Kier molecular flexibility index (Phi) is 9.60. The van der Waals surface area contributed by atoms with Crippen molar-refractivity contribution in [1.29, 1.82) is 0 Å². The molecule has 0 amide bonds. The molecular formula is C37H34O6. The Morgan fingerprint density at radius 1 is 0.605 bits per heavy atom. The fourth-order valence-electron chi connectivity index (χ4n) is 4.91. The molecule has 43 heavy (non-hydrogen) atoms. The Hall–Kier alpha value is -5.23. The molecule has 5 rings (SSSR count). The third kappa shape index (κ3) is 7.54. The molecule has 0 aliphatic heterocycles. The van der Waals surface area contributed by atoms with E-state index in [0.29, 0.717) is 40.7 Å². The van der Waals surface area contributed by atoms with Gasteiger partial charge in [-0.25, -0.2) is 0 Å². The van der Waals surface area contributed by atoms with Gasteiger partial charge in [0.2, 0.25) is 0 Å². The number of rotatable bonds is 13. The molecule has 0 aliphatic rings. The van der Waals surface area contributed by atoms with Crippen molar-refractivity contribution in [2.45, 2.75) is 32.7 Å². The second-order valence-electron chi connectivity index (χ2n) is 10.1. The van der Waals surface area contributed by atoms with Crippen LogP contribution >= 0.6 is 0 Å². The largest absolute Gasteiger partial charge is 0.508 e. The first-order valence-electron chi connectivity index (χ1n) is 14.1. The second-order valence-corrected chi connectivity index (χ2v) is 10.1. The number of ether oxygens (including phenoxy) is 4. The molecule has 5 aromatic carbocycles. The lowest BCUT2D eigenvalue weighted by atomic mass is 9.86. The van der Waals surface area contributed by atoms with Crippen molar-refractivity contribution in [2.24, 2.45) is 0 Å². The number of carbonyl (C=O) groups is 1. The van der Waals surface area contributed by atoms with Gasteiger partial charge < -0.3 is 24.1 Å². The van der Waals surface area contributed by atoms with E-state index in [4.69, 9.17) is 18.9 Å². The van der Waals surface area contributed by atoms with Crippen molar-refractivity contribution in [3.63, 3.8) is 0 Å². The number of phenols is 1. The minimum Gasteiger partial charge on any atom is -0.508 e. The van der Waals surface area contributed by atoms with Crippen molar-refractivity contribution >= 4 is 5.78 Å². The molecule has 0 spiro atoms. The fraction of sp³-hybridized carbons (Fsp3) is 0.162. The van der Waals surface area contributed by atoms with Gasteiger partial charge in [-0.3, -0.25) is 4.79 Å². The van der Waals surface area contributed by atoms with Gasteiger partial charge in [0, 0.05) is 12.1 Å². The van der Waals surface area contributed by atoms with Crippen LogP contribution in [0.3, 0.4) is 0 Å². The lowest BCUT2D eigenvalue weighted by Crippen LogP contribution is -2.15. The summed E-state index contributed by atoms with van der Waals surface area (Å²) in [4.78, 5) is 13.5. The van der Waals surface area contributed by atoms with E-state index in [1.54, 1.807) is 13.2 Å². The van der Waals surface area contributed by atoms with Crippen LogP contribution in [0, 0.1) is 0 Å². The highest BCUT2D eigenvalue weighted by atomic mass is 16.5. The van der Waals surface area contributed by atoms with E-state index < -0.39 is 5.92 Å². The van der Waals surface area contributed by atoms with E-state index >= 15 is 0 Å². The number of methoxy groups -OCH3 is 1. The zero-order valence-electron chi connectivity index (χ0n) is 24.2. The molecule has 0 saturated carbocycles. The molecule has 0 bridgehead atoms. The van der Waals surface area contributed by atoms with E-state index in [0.717, 1.165) is 16.7 Å². The second kappa shape index (κ2) is 14.1. The summed E-state index contributed by atoms with van der Waals surface area (Å²) in [7, 11) is 1.58. The number of benzene rings is 5. The standard InChI is InChI=1S/C37H34O6/c1-26(38)36(30-18-19-32(40-2)33(20-30)41-23-27-12-6-3-7-13-27)37-34(42-24-28-14-8-4-9-15-28)21-31(39)22-35(37)43-25-29-16-10-5-11-17-29/h3-22,36,39H,23-25H2,1-2H3. The molecule has 0 aliphatic carbocycles. The molecule has 0 radical (unpaired) electrons. The van der Waals surface area contributed by atoms with Gasteiger partial charge in [-0.2, -0.15) is 0 Å². The first-order valence-corrected chi connectivity index (χ1v) is 14.1. The normalized spacial score (nSPS) is 11.4. The Balaban J connectivity index is 1.56. The highest BCUT2D eigenvalue weighted by molar-refractivity contribution is 5.89. The van der Waals surface area contributed by atoms with E-state index in [1.165, 1.54) is 19.1 Å². The maximum absolute atomic E-state index is 13.5. The SMILES string of the molecule is COc1ccc(C(C(C)=O)c2c(OCc3ccccc3)cc(O)cc2OCc2ccccc2)cc1OCc1ccccc1. The number of phenolic OH excluding ortho intramolecular Hbond substituents is 1. The summed E-state index contributed by atoms with van der Waals surface area (Å²) in [5.41, 5.74) is 4.10. The minimum absolute atomic E-state index is 0.0289. The van der Waals surface area contributed by atoms with Gasteiger partial charge in [-0.15, -0.1) is 0 Å². The third-order valence-corrected chi connectivity index (χ3v) is 7.02. The van der Waals surface area contributed by atoms with Gasteiger partial charge >= 0.3 is 0 Å². The highest BCUT2D eigenvalue weighted by Gasteiger charge is 2.29. The maximum Gasteiger partial charge on any atom is 0.161 e. The fourth-order valence-corrected chi connectivity index (χ4v) is 4.91. The molecule has 1 unspecified atom stereocenters. The Labute approximate surface area is 252 Å². The first kappa shape index (κ1) is 29.3. The Bertz CT molecular complexity index is 1570. The molecule has 1 N–H and O–H groups in total. The van der Waals surface area contributed by atoms with Gasteiger partial charge in [0.15, 0.2) is 11.5 Å². The molecule has 0 fully saturated rings. The quantitative estimate of drug-likeness (QED) is 0.154. The topological polar surface area (TPSA) is 74.2 Å². The van der Waals surface area contributed by atoms with E-state index in [2.05, 4.69) is 0 Å². The van der Waals surface area contributed by atoms with Crippen LogP contribution in [0.2, 0.25) is 0 Å². The lowest BCUT2D eigenvalue weighted by molar-refractivity contribution is -0.117. The molecular weight excluding hydrogens is 540 g/mol. The molecule has 1 atom stereocenters. The smallest absolute Gasteiger partial charge is 0.161 e. The number of ketones is 1. The van der Waals surface area contributed by atoms with Crippen LogP contribution in [0.15, 0.2) is 121 Å². The molecule has 0 heterocycles. The maximum atomic E-state index is 13.5. The molecule has 0 aromatic heterocycles. The van der Waals surface area contributed by atoms with Crippen LogP contribution in [0.5, 0.6) is 28.7 Å². The average molecular weight is 575 g/mol. The van der Waals surface area contributed by atoms with Crippen molar-refractivity contribution < 1.29 is 28.8 Å². The average Bonchev–Trinajstić information content (AvgIpc) is 3.04. The predicted molar refractivity (Wildman–Crippen MR) is 166 cm³/mol. The van der Waals surface area contributed by atoms with Crippen molar-refractivity contribution in [3.8, 4) is 28.7 Å². The van der Waals surface area contributed by atoms with Crippen LogP contribution < -0.4 is 18.9 Å². The van der Waals surface area contributed by atoms with Crippen LogP contribution in [-0.4, -0.2) is 18.0 Å². The summed E-state index contributed by atoms with van der Waals surface area (Å²) in [6, 6.07) is 37.8. The molecule has 5 aromatic rings. The first-order chi connectivity index (χ1) is 21.0. The third-order valence-electron chi connectivity index (χ3n) is 7.02. The van der Waals surface area contributed by atoms with Gasteiger partial charge in [0.25, 0.3) is 0 Å². The van der Waals surface area contributed by atoms with Gasteiger partial charge in [0.1, 0.15) is 42.9 Å². The van der Waals surface area contributed by atoms with Crippen LogP contribution in [0.4, 0.5) is 0 Å². The summed E-state index contributed by atoms with van der Waals surface area (Å²) in [5, 5.41) is 10.7. The monoisotopic (exact) mass is 574 g/mol. The summed E-state index contributed by atoms with van der Waals surface area (Å²) in [5.74, 6) is 0.838. The summed E-state index contributed by atoms with van der Waals surface area (Å²) in [6.07, 6.45) is 0. The molecule has 0 saturated heterocycles. The molecule has 218 valence electrons. The van der Waals surface area contributed by atoms with Crippen LogP contribution in [0.1, 0.15) is 40.7 Å². The lowest BCUT2D eigenvalue weighted by Gasteiger charge is -2.24. The summed E-state index contributed by atoms with van der Waals surface area (Å²) in [6.45, 7) is 2.36. The molecule has 6 nitrogen and oxygen atoms in total. The van der Waals surface area contributed by atoms with Crippen molar-refractivity contribution in [1.82, 2.24) is 0 Å². The molecule has 6 heteroatoms. The zero-order valence-corrected chi connectivity index (χ0v) is 24.2. The Morgan fingerprint density at radius 3 is 1.47 bits per heavy atom. The summed E-state index contributed by atoms with van der Waals surface area (Å²) >= 11 is 0. The van der Waals surface area contributed by atoms with Gasteiger partial charge in [0.05, 0.1) is 18.6 Å². The van der Waals surface area contributed by atoms with Gasteiger partial charge in [-0.05, 0) is 41.3 Å². The number of hydrogen-bond donors (Lipinski definition) is 1. The minimum atomic E-state index is -0.776. The van der Waals surface area contributed by atoms with Crippen molar-refractivity contribution in [2.75, 3.05) is 7.11 Å². The van der Waals surface area contributed by atoms with Crippen LogP contribution in [-0.2, 0) is 24.6 Å². The van der Waals surface area contributed by atoms with E-state index in [-0.39, 0.29) is 24.7 Å². The van der Waals surface area contributed by atoms with E-state index in [1.807, 2.05) is 103 Å². The number of Topliss-reactive ketones (excluding diaryl/α,β-unsaturated/α-hetero) is 1. The van der Waals surface area contributed by atoms with Gasteiger partial charge in [-0.1, -0.05) is 97.1 Å². The predicted octanol–water partition coefficient (Wildman–Crippen LogP) is 7.86. The van der Waals surface area contributed by atoms with E-state index in [9.17, 15) is 9.90 Å². The number of hydrogen-bond acceptors (Lipinski definition) is 6. The van der Waals surface area contributed by atoms with Crippen molar-refractivity contribution in [3.05, 3.63) is 149 Å². The number of aromatic hydroxyl groups is 1. The highest BCUT2D eigenvalue weighted by Crippen LogP contribution is 2.44. The Morgan fingerprint density at radius 2 is 1.05 bits per heavy atom. The number of carbonyl (C=O) groups excluding carboxylic acids is 1. The summed E-state index contributed by atoms with van der Waals surface area (Å²) < 4.78 is 24.3.